The van der Waals surface area contributed by atoms with Crippen LogP contribution in [0.4, 0.5) is 5.82 Å². The van der Waals surface area contributed by atoms with Crippen LogP contribution in [0.1, 0.15) is 25.5 Å². The highest BCUT2D eigenvalue weighted by molar-refractivity contribution is 7.71. The van der Waals surface area contributed by atoms with Crippen LogP contribution in [-0.4, -0.2) is 24.5 Å². The topological polar surface area (TPSA) is 71.4 Å². The van der Waals surface area contributed by atoms with Crippen LogP contribution < -0.4 is 5.32 Å². The predicted molar refractivity (Wildman–Crippen MR) is 117 cm³/mol. The van der Waals surface area contributed by atoms with Gasteiger partial charge < -0.3 is 14.9 Å². The quantitative estimate of drug-likeness (QED) is 0.448. The number of halogens is 2. The number of nitrogens with zero attached hydrogens (tertiary/aromatic N) is 4. The summed E-state index contributed by atoms with van der Waals surface area (Å²) >= 11 is 5.41. The number of benzene rings is 1. The third-order valence-corrected chi connectivity index (χ3v) is 4.71. The molecule has 3 aromatic heterocycles. The molecule has 0 saturated carbocycles. The Bertz CT molecular complexity index is 1110. The van der Waals surface area contributed by atoms with Gasteiger partial charge in [-0.15, -0.1) is 24.8 Å². The number of H-pyrrole nitrogens is 1. The summed E-state index contributed by atoms with van der Waals surface area (Å²) in [7, 11) is 0. The highest BCUT2D eigenvalue weighted by Crippen LogP contribution is 2.27. The van der Waals surface area contributed by atoms with Crippen LogP contribution in [0.5, 0.6) is 0 Å². The van der Waals surface area contributed by atoms with Crippen molar-refractivity contribution >= 4 is 64.8 Å². The van der Waals surface area contributed by atoms with Gasteiger partial charge in [0.05, 0.1) is 22.6 Å². The number of anilines is 1. The lowest BCUT2D eigenvalue weighted by molar-refractivity contribution is 0.774. The number of hydrogen-bond donors (Lipinski definition) is 2. The van der Waals surface area contributed by atoms with E-state index in [-0.39, 0.29) is 30.9 Å². The van der Waals surface area contributed by atoms with Gasteiger partial charge in [0.1, 0.15) is 12.1 Å². The van der Waals surface area contributed by atoms with Crippen molar-refractivity contribution in [1.82, 2.24) is 24.5 Å². The number of rotatable bonds is 4. The highest BCUT2D eigenvalue weighted by Gasteiger charge is 2.12. The van der Waals surface area contributed by atoms with Crippen LogP contribution in [0.2, 0.25) is 0 Å². The average molecular weight is 423 g/mol. The number of aromatic nitrogens is 5. The van der Waals surface area contributed by atoms with Crippen molar-refractivity contribution in [3.05, 3.63) is 53.3 Å². The van der Waals surface area contributed by atoms with E-state index in [1.165, 1.54) is 0 Å². The molecule has 9 heteroatoms. The molecule has 3 heterocycles. The second kappa shape index (κ2) is 8.65. The molecule has 0 amide bonds. The largest absolute Gasteiger partial charge is 0.363 e. The minimum absolute atomic E-state index is 0. The van der Waals surface area contributed by atoms with Crippen LogP contribution in [0.3, 0.4) is 0 Å². The molecule has 0 spiro atoms. The van der Waals surface area contributed by atoms with Gasteiger partial charge in [-0.2, -0.15) is 0 Å². The Kier molecular flexibility index (Phi) is 6.75. The molecule has 0 aliphatic carbocycles. The van der Waals surface area contributed by atoms with Gasteiger partial charge >= 0.3 is 0 Å². The van der Waals surface area contributed by atoms with Crippen molar-refractivity contribution in [2.24, 2.45) is 0 Å². The molecule has 1 aromatic carbocycles. The maximum absolute atomic E-state index is 5.41. The summed E-state index contributed by atoms with van der Waals surface area (Å²) in [6.45, 7) is 4.99. The van der Waals surface area contributed by atoms with Crippen molar-refractivity contribution in [2.75, 3.05) is 5.32 Å². The molecule has 1 unspecified atom stereocenters. The molecule has 142 valence electrons. The van der Waals surface area contributed by atoms with Gasteiger partial charge in [0.15, 0.2) is 4.77 Å². The molecule has 1 atom stereocenters. The van der Waals surface area contributed by atoms with Gasteiger partial charge in [-0.25, -0.2) is 9.97 Å². The van der Waals surface area contributed by atoms with E-state index in [9.17, 15) is 0 Å². The highest BCUT2D eigenvalue weighted by atomic mass is 35.5. The Morgan fingerprint density at radius 3 is 2.78 bits per heavy atom. The molecule has 0 fully saturated rings. The maximum atomic E-state index is 5.41. The van der Waals surface area contributed by atoms with Gasteiger partial charge in [-0.1, -0.05) is 6.07 Å². The lowest BCUT2D eigenvalue weighted by Crippen LogP contribution is -2.08. The number of aromatic amines is 1. The summed E-state index contributed by atoms with van der Waals surface area (Å²) in [5, 5.41) is 4.43. The van der Waals surface area contributed by atoms with Crippen molar-refractivity contribution in [2.45, 2.75) is 26.4 Å². The molecular formula is C18H20Cl2N6S. The summed E-state index contributed by atoms with van der Waals surface area (Å²) < 4.78 is 2.79. The Labute approximate surface area is 174 Å². The molecule has 0 aliphatic rings. The fraction of sp³-hybridized carbons (Fsp3) is 0.222. The van der Waals surface area contributed by atoms with Gasteiger partial charge in [0.2, 0.25) is 0 Å². The van der Waals surface area contributed by atoms with E-state index >= 15 is 0 Å². The van der Waals surface area contributed by atoms with E-state index < -0.39 is 0 Å². The monoisotopic (exact) mass is 422 g/mol. The Balaban J connectivity index is 0.00000131. The lowest BCUT2D eigenvalue weighted by Gasteiger charge is -2.15. The molecule has 0 radical (unpaired) electrons. The van der Waals surface area contributed by atoms with Crippen LogP contribution in [0.25, 0.3) is 21.9 Å². The first kappa shape index (κ1) is 21.1. The van der Waals surface area contributed by atoms with Gasteiger partial charge in [-0.05, 0) is 49.8 Å². The average Bonchev–Trinajstić information content (AvgIpc) is 2.95. The van der Waals surface area contributed by atoms with Crippen molar-refractivity contribution in [3.63, 3.8) is 0 Å². The van der Waals surface area contributed by atoms with Crippen LogP contribution in [0, 0.1) is 4.77 Å². The molecule has 6 nitrogen and oxygen atoms in total. The van der Waals surface area contributed by atoms with Crippen LogP contribution in [0.15, 0.2) is 43.0 Å². The van der Waals surface area contributed by atoms with Gasteiger partial charge in [0, 0.05) is 24.3 Å². The normalized spacial score (nSPS) is 11.6. The van der Waals surface area contributed by atoms with Crippen molar-refractivity contribution < 1.29 is 0 Å². The Morgan fingerprint density at radius 2 is 2.07 bits per heavy atom. The summed E-state index contributed by atoms with van der Waals surface area (Å²) in [5.41, 5.74) is 4.04. The molecule has 4 rings (SSSR count). The zero-order chi connectivity index (χ0) is 17.4. The molecule has 27 heavy (non-hydrogen) atoms. The Morgan fingerprint density at radius 1 is 1.26 bits per heavy atom. The first-order valence-electron chi connectivity index (χ1n) is 8.21. The zero-order valence-corrected chi connectivity index (χ0v) is 17.3. The zero-order valence-electron chi connectivity index (χ0n) is 14.8. The third kappa shape index (κ3) is 3.90. The second-order valence-corrected chi connectivity index (χ2v) is 6.32. The molecule has 2 N–H and O–H groups in total. The van der Waals surface area contributed by atoms with E-state index in [4.69, 9.17) is 12.2 Å². The molecule has 0 aliphatic heterocycles. The number of fused-ring (bicyclic) bond motifs is 2. The standard InChI is InChI=1S/C18H18N6S.2ClH/c1-3-24-16-8-14-13(7-15(16)23-18(24)25)17(21-10-20-14)22-11(2)12-5-4-6-19-9-12;;/h4-11H,3H2,1-2H3,(H,23,25)(H,20,21,22);2*1H. The van der Waals surface area contributed by atoms with E-state index in [1.54, 1.807) is 12.5 Å². The SMILES string of the molecule is CCn1c(=S)[nH]c2cc3c(NC(C)c4cccnc4)ncnc3cc21.Cl.Cl. The smallest absolute Gasteiger partial charge is 0.178 e. The van der Waals surface area contributed by atoms with E-state index in [1.807, 2.05) is 18.3 Å². The fourth-order valence-corrected chi connectivity index (χ4v) is 3.39. The number of nitrogens with one attached hydrogen (secondary N) is 2. The summed E-state index contributed by atoms with van der Waals surface area (Å²) in [6, 6.07) is 8.18. The summed E-state index contributed by atoms with van der Waals surface area (Å²) in [6.07, 6.45) is 5.22. The molecule has 0 saturated heterocycles. The minimum atomic E-state index is 0. The number of imidazole rings is 1. The number of hydrogen-bond acceptors (Lipinski definition) is 5. The molecule has 0 bridgehead atoms. The van der Waals surface area contributed by atoms with Crippen molar-refractivity contribution in [1.29, 1.82) is 0 Å². The van der Waals surface area contributed by atoms with Crippen LogP contribution >= 0.6 is 37.0 Å². The summed E-state index contributed by atoms with van der Waals surface area (Å²) in [5.74, 6) is 0.798. The first-order valence-corrected chi connectivity index (χ1v) is 8.62. The fourth-order valence-electron chi connectivity index (χ4n) is 3.06. The van der Waals surface area contributed by atoms with Gasteiger partial charge in [-0.3, -0.25) is 4.98 Å². The summed E-state index contributed by atoms with van der Waals surface area (Å²) in [4.78, 5) is 16.3. The predicted octanol–water partition coefficient (Wildman–Crippen LogP) is 5.07. The number of aryl methyl sites for hydroxylation is 1. The lowest BCUT2D eigenvalue weighted by atomic mass is 10.1. The first-order chi connectivity index (χ1) is 12.2. The molecular weight excluding hydrogens is 403 g/mol. The second-order valence-electron chi connectivity index (χ2n) is 5.94. The van der Waals surface area contributed by atoms with Gasteiger partial charge in [0.25, 0.3) is 0 Å². The Hall–Kier alpha value is -2.22. The van der Waals surface area contributed by atoms with E-state index in [2.05, 4.69) is 55.8 Å². The van der Waals surface area contributed by atoms with Crippen LogP contribution in [-0.2, 0) is 6.54 Å². The molecule has 4 aromatic rings. The third-order valence-electron chi connectivity index (χ3n) is 4.38. The van der Waals surface area contributed by atoms with E-state index in [0.717, 1.165) is 44.6 Å². The number of pyridine rings is 1. The van der Waals surface area contributed by atoms with E-state index in [0.29, 0.717) is 0 Å². The van der Waals surface area contributed by atoms with Crippen molar-refractivity contribution in [3.8, 4) is 0 Å². The maximum Gasteiger partial charge on any atom is 0.178 e. The minimum Gasteiger partial charge on any atom is -0.363 e.